The summed E-state index contributed by atoms with van der Waals surface area (Å²) in [5.74, 6) is 0. The van der Waals surface area contributed by atoms with Crippen LogP contribution in [0, 0.1) is 18.3 Å². The predicted octanol–water partition coefficient (Wildman–Crippen LogP) is 4.66. The van der Waals surface area contributed by atoms with Crippen molar-refractivity contribution in [2.45, 2.75) is 6.92 Å². The Morgan fingerprint density at radius 3 is 2.82 bits per heavy atom. The Morgan fingerprint density at radius 2 is 2.09 bits per heavy atom. The van der Waals surface area contributed by atoms with E-state index in [4.69, 9.17) is 11.6 Å². The summed E-state index contributed by atoms with van der Waals surface area (Å²) in [6.07, 6.45) is 3.38. The van der Waals surface area contributed by atoms with Crippen molar-refractivity contribution in [2.24, 2.45) is 0 Å². The molecule has 0 fully saturated rings. The number of pyridine rings is 2. The summed E-state index contributed by atoms with van der Waals surface area (Å²) in [5.41, 5.74) is 3.73. The van der Waals surface area contributed by atoms with E-state index in [1.54, 1.807) is 18.3 Å². The van der Waals surface area contributed by atoms with Crippen LogP contribution in [0.1, 0.15) is 16.8 Å². The summed E-state index contributed by atoms with van der Waals surface area (Å²) in [5, 5.41) is 10.7. The van der Waals surface area contributed by atoms with Crippen LogP contribution in [-0.4, -0.2) is 9.97 Å². The first-order valence-electron chi connectivity index (χ1n) is 6.78. The highest BCUT2D eigenvalue weighted by atomic mass is 35.5. The monoisotopic (exact) mass is 305 g/mol. The molecule has 0 aliphatic rings. The van der Waals surface area contributed by atoms with Gasteiger partial charge in [0.2, 0.25) is 0 Å². The smallest absolute Gasteiger partial charge is 0.137 e. The molecule has 2 aromatic heterocycles. The fourth-order valence-corrected chi connectivity index (χ4v) is 2.48. The highest BCUT2D eigenvalue weighted by molar-refractivity contribution is 6.31. The summed E-state index contributed by atoms with van der Waals surface area (Å²) < 4.78 is 0. The van der Waals surface area contributed by atoms with Crippen molar-refractivity contribution in [1.82, 2.24) is 9.97 Å². The van der Waals surface area contributed by atoms with E-state index in [1.807, 2.05) is 43.3 Å². The molecule has 0 aliphatic heterocycles. The van der Waals surface area contributed by atoms with Gasteiger partial charge in [-0.15, -0.1) is 0 Å². The number of hydrogen-bond acceptors (Lipinski definition) is 3. The van der Waals surface area contributed by atoms with Gasteiger partial charge in [0.1, 0.15) is 11.2 Å². The normalized spacial score (nSPS) is 11.4. The number of rotatable bonds is 2. The first-order chi connectivity index (χ1) is 10.7. The number of para-hydroxylation sites is 1. The highest BCUT2D eigenvalue weighted by Crippen LogP contribution is 2.26. The van der Waals surface area contributed by atoms with Crippen LogP contribution in [0.2, 0.25) is 5.15 Å². The number of aromatic nitrogens is 2. The zero-order valence-corrected chi connectivity index (χ0v) is 12.7. The van der Waals surface area contributed by atoms with Crippen LogP contribution in [0.5, 0.6) is 0 Å². The van der Waals surface area contributed by atoms with Crippen LogP contribution in [0.15, 0.2) is 48.7 Å². The summed E-state index contributed by atoms with van der Waals surface area (Å²) in [6.45, 7) is 2.00. The Hall–Kier alpha value is -2.70. The van der Waals surface area contributed by atoms with Gasteiger partial charge in [-0.25, -0.2) is 4.98 Å². The van der Waals surface area contributed by atoms with Gasteiger partial charge in [0.05, 0.1) is 16.8 Å². The molecule has 22 heavy (non-hydrogen) atoms. The molecule has 0 bridgehead atoms. The first-order valence-corrected chi connectivity index (χ1v) is 7.16. The lowest BCUT2D eigenvalue weighted by atomic mass is 10.1. The van der Waals surface area contributed by atoms with Crippen molar-refractivity contribution in [3.05, 3.63) is 70.6 Å². The molecule has 3 rings (SSSR count). The average molecular weight is 306 g/mol. The van der Waals surface area contributed by atoms with Gasteiger partial charge in [-0.1, -0.05) is 35.9 Å². The molecule has 0 saturated carbocycles. The van der Waals surface area contributed by atoms with Crippen LogP contribution in [0.4, 0.5) is 0 Å². The summed E-state index contributed by atoms with van der Waals surface area (Å²) in [7, 11) is 0. The minimum atomic E-state index is 0.380. The largest absolute Gasteiger partial charge is 0.256 e. The Morgan fingerprint density at radius 1 is 1.23 bits per heavy atom. The van der Waals surface area contributed by atoms with E-state index < -0.39 is 0 Å². The Bertz CT molecular complexity index is 909. The molecule has 0 radical (unpaired) electrons. The third kappa shape index (κ3) is 2.69. The maximum absolute atomic E-state index is 9.37. The van der Waals surface area contributed by atoms with E-state index in [9.17, 15) is 5.26 Å². The van der Waals surface area contributed by atoms with Gasteiger partial charge in [0, 0.05) is 17.1 Å². The maximum Gasteiger partial charge on any atom is 0.137 e. The first kappa shape index (κ1) is 14.2. The van der Waals surface area contributed by atoms with Crippen molar-refractivity contribution in [1.29, 1.82) is 5.26 Å². The van der Waals surface area contributed by atoms with Crippen molar-refractivity contribution >= 4 is 34.2 Å². The molecule has 0 aliphatic carbocycles. The van der Waals surface area contributed by atoms with Gasteiger partial charge in [0.25, 0.3) is 0 Å². The van der Waals surface area contributed by atoms with E-state index in [1.165, 1.54) is 0 Å². The zero-order chi connectivity index (χ0) is 15.5. The lowest BCUT2D eigenvalue weighted by Gasteiger charge is -2.05. The molecule has 4 heteroatoms. The minimum absolute atomic E-state index is 0.380. The molecule has 106 valence electrons. The van der Waals surface area contributed by atoms with Gasteiger partial charge in [-0.3, -0.25) is 4.98 Å². The third-order valence-electron chi connectivity index (χ3n) is 3.39. The summed E-state index contributed by atoms with van der Waals surface area (Å²) in [6, 6.07) is 15.5. The number of benzene rings is 1. The van der Waals surface area contributed by atoms with Crippen LogP contribution >= 0.6 is 11.6 Å². The standard InChI is InChI=1S/C18H12ClN3/c1-12-5-4-6-13-9-14(18(19)22-17(12)13)10-15(11-20)16-7-2-3-8-21-16/h2-10H,1H3/b15-10+. The van der Waals surface area contributed by atoms with Gasteiger partial charge < -0.3 is 0 Å². The van der Waals surface area contributed by atoms with E-state index >= 15 is 0 Å². The van der Waals surface area contributed by atoms with Gasteiger partial charge in [-0.2, -0.15) is 5.26 Å². The van der Waals surface area contributed by atoms with Gasteiger partial charge in [-0.05, 0) is 36.8 Å². The topological polar surface area (TPSA) is 49.6 Å². The second kappa shape index (κ2) is 5.97. The Kier molecular flexibility index (Phi) is 3.86. The number of fused-ring (bicyclic) bond motifs is 1. The summed E-state index contributed by atoms with van der Waals surface area (Å²) in [4.78, 5) is 8.65. The molecule has 0 atom stereocenters. The van der Waals surface area contributed by atoms with Crippen molar-refractivity contribution in [3.8, 4) is 6.07 Å². The van der Waals surface area contributed by atoms with Crippen LogP contribution in [0.3, 0.4) is 0 Å². The van der Waals surface area contributed by atoms with E-state index in [0.29, 0.717) is 22.0 Å². The van der Waals surface area contributed by atoms with Crippen molar-refractivity contribution in [2.75, 3.05) is 0 Å². The van der Waals surface area contributed by atoms with Crippen LogP contribution < -0.4 is 0 Å². The number of aryl methyl sites for hydroxylation is 1. The van der Waals surface area contributed by atoms with E-state index in [2.05, 4.69) is 16.0 Å². The molecule has 1 aromatic carbocycles. The number of allylic oxidation sites excluding steroid dienone is 1. The zero-order valence-electron chi connectivity index (χ0n) is 11.9. The van der Waals surface area contributed by atoms with Gasteiger partial charge in [0.15, 0.2) is 0 Å². The quantitative estimate of drug-likeness (QED) is 0.511. The van der Waals surface area contributed by atoms with Crippen molar-refractivity contribution in [3.63, 3.8) is 0 Å². The van der Waals surface area contributed by atoms with Crippen LogP contribution in [0.25, 0.3) is 22.6 Å². The average Bonchev–Trinajstić information content (AvgIpc) is 2.55. The Balaban J connectivity index is 2.16. The maximum atomic E-state index is 9.37. The second-order valence-corrected chi connectivity index (χ2v) is 5.26. The number of halogens is 1. The molecule has 2 heterocycles. The lowest BCUT2D eigenvalue weighted by Crippen LogP contribution is -1.90. The van der Waals surface area contributed by atoms with Crippen LogP contribution in [-0.2, 0) is 0 Å². The molecule has 0 saturated heterocycles. The SMILES string of the molecule is Cc1cccc2cc(/C=C(\C#N)c3ccccn3)c(Cl)nc12. The molecule has 0 unspecified atom stereocenters. The minimum Gasteiger partial charge on any atom is -0.256 e. The number of nitrogens with zero attached hydrogens (tertiary/aromatic N) is 3. The fraction of sp³-hybridized carbons (Fsp3) is 0.0556. The van der Waals surface area contributed by atoms with E-state index in [-0.39, 0.29) is 0 Å². The van der Waals surface area contributed by atoms with E-state index in [0.717, 1.165) is 16.5 Å². The summed E-state index contributed by atoms with van der Waals surface area (Å²) >= 11 is 6.28. The Labute approximate surface area is 133 Å². The fourth-order valence-electron chi connectivity index (χ4n) is 2.28. The molecular weight excluding hydrogens is 294 g/mol. The third-order valence-corrected chi connectivity index (χ3v) is 3.69. The molecule has 3 nitrogen and oxygen atoms in total. The molecule has 0 spiro atoms. The lowest BCUT2D eigenvalue weighted by molar-refractivity contribution is 1.28. The molecule has 0 amide bonds. The number of nitriles is 1. The van der Waals surface area contributed by atoms with Crippen molar-refractivity contribution < 1.29 is 0 Å². The number of hydrogen-bond donors (Lipinski definition) is 0. The predicted molar refractivity (Wildman–Crippen MR) is 89.2 cm³/mol. The molecule has 3 aromatic rings. The molecular formula is C18H12ClN3. The highest BCUT2D eigenvalue weighted by Gasteiger charge is 2.08. The second-order valence-electron chi connectivity index (χ2n) is 4.90. The molecule has 0 N–H and O–H groups in total. The van der Waals surface area contributed by atoms with Gasteiger partial charge >= 0.3 is 0 Å².